The van der Waals surface area contributed by atoms with E-state index < -0.39 is 0 Å². The van der Waals surface area contributed by atoms with Crippen molar-refractivity contribution in [3.05, 3.63) is 0 Å². The first-order valence-corrected chi connectivity index (χ1v) is 5.92. The maximum absolute atomic E-state index is 6.28. The number of hydrogen-bond donors (Lipinski definition) is 1. The van der Waals surface area contributed by atoms with Gasteiger partial charge >= 0.3 is 0 Å². The van der Waals surface area contributed by atoms with Gasteiger partial charge in [0.2, 0.25) is 0 Å². The third-order valence-corrected chi connectivity index (χ3v) is 3.93. The minimum absolute atomic E-state index is 0.533. The van der Waals surface area contributed by atoms with E-state index in [1.54, 1.807) is 0 Å². The van der Waals surface area contributed by atoms with E-state index >= 15 is 0 Å². The van der Waals surface area contributed by atoms with Crippen molar-refractivity contribution in [1.29, 1.82) is 0 Å². The molecule has 0 aromatic rings. The van der Waals surface area contributed by atoms with Crippen molar-refractivity contribution in [1.82, 2.24) is 0 Å². The van der Waals surface area contributed by atoms with Crippen LogP contribution in [0, 0.1) is 23.7 Å². The Morgan fingerprint density at radius 1 is 0.923 bits per heavy atom. The largest absolute Gasteiger partial charge is 0.327 e. The van der Waals surface area contributed by atoms with E-state index in [0.717, 1.165) is 23.7 Å². The van der Waals surface area contributed by atoms with E-state index in [1.807, 2.05) is 0 Å². The highest BCUT2D eigenvalue weighted by Gasteiger charge is 2.36. The van der Waals surface area contributed by atoms with E-state index in [1.165, 1.54) is 32.1 Å². The van der Waals surface area contributed by atoms with Crippen LogP contribution >= 0.6 is 0 Å². The Balaban J connectivity index is 1.89. The second-order valence-corrected chi connectivity index (χ2v) is 5.59. The molecule has 2 N–H and O–H groups in total. The second-order valence-electron chi connectivity index (χ2n) is 5.59. The maximum atomic E-state index is 6.28. The third kappa shape index (κ3) is 2.25. The van der Waals surface area contributed by atoms with Crippen LogP contribution in [0.5, 0.6) is 0 Å². The first-order chi connectivity index (χ1) is 6.16. The van der Waals surface area contributed by atoms with E-state index in [9.17, 15) is 0 Å². The van der Waals surface area contributed by atoms with E-state index in [-0.39, 0.29) is 0 Å². The molecule has 1 heteroatoms. The molecule has 0 spiro atoms. The molecule has 2 aliphatic rings. The van der Waals surface area contributed by atoms with Crippen molar-refractivity contribution in [3.63, 3.8) is 0 Å². The lowest BCUT2D eigenvalue weighted by Crippen LogP contribution is -2.37. The van der Waals surface area contributed by atoms with E-state index in [0.29, 0.717) is 6.04 Å². The molecular weight excluding hydrogens is 158 g/mol. The summed E-state index contributed by atoms with van der Waals surface area (Å²) in [6.07, 6.45) is 7.01. The Bertz CT molecular complexity index is 164. The van der Waals surface area contributed by atoms with Crippen LogP contribution in [0.2, 0.25) is 0 Å². The van der Waals surface area contributed by atoms with Crippen molar-refractivity contribution in [2.75, 3.05) is 0 Å². The summed E-state index contributed by atoms with van der Waals surface area (Å²) < 4.78 is 0. The minimum atomic E-state index is 0.533. The van der Waals surface area contributed by atoms with Crippen molar-refractivity contribution < 1.29 is 0 Å². The van der Waals surface area contributed by atoms with Gasteiger partial charge in [-0.3, -0.25) is 0 Å². The maximum Gasteiger partial charge on any atom is 0.00958 e. The molecule has 13 heavy (non-hydrogen) atoms. The summed E-state index contributed by atoms with van der Waals surface area (Å²) in [7, 11) is 0. The van der Waals surface area contributed by atoms with Crippen molar-refractivity contribution in [2.45, 2.75) is 52.0 Å². The summed E-state index contributed by atoms with van der Waals surface area (Å²) in [6.45, 7) is 4.78. The molecule has 3 atom stereocenters. The molecule has 76 valence electrons. The molecule has 2 fully saturated rings. The average Bonchev–Trinajstić information content (AvgIpc) is 2.83. The van der Waals surface area contributed by atoms with Gasteiger partial charge < -0.3 is 5.73 Å². The Kier molecular flexibility index (Phi) is 2.64. The zero-order valence-corrected chi connectivity index (χ0v) is 9.00. The van der Waals surface area contributed by atoms with Crippen LogP contribution in [0.4, 0.5) is 0 Å². The fourth-order valence-corrected chi connectivity index (χ4v) is 3.19. The molecule has 3 unspecified atom stereocenters. The van der Waals surface area contributed by atoms with Gasteiger partial charge in [-0.15, -0.1) is 0 Å². The average molecular weight is 181 g/mol. The predicted molar refractivity (Wildman–Crippen MR) is 56.4 cm³/mol. The summed E-state index contributed by atoms with van der Waals surface area (Å²) in [6, 6.07) is 0.533. The number of rotatable bonds is 2. The smallest absolute Gasteiger partial charge is 0.00958 e. The molecular formula is C12H23N. The van der Waals surface area contributed by atoms with Crippen LogP contribution < -0.4 is 5.73 Å². The zero-order chi connectivity index (χ0) is 9.42. The highest BCUT2D eigenvalue weighted by molar-refractivity contribution is 4.91. The van der Waals surface area contributed by atoms with Gasteiger partial charge in [-0.1, -0.05) is 13.8 Å². The van der Waals surface area contributed by atoms with Crippen LogP contribution in [-0.2, 0) is 0 Å². The van der Waals surface area contributed by atoms with E-state index in [4.69, 9.17) is 5.73 Å². The van der Waals surface area contributed by atoms with Gasteiger partial charge in [-0.05, 0) is 55.8 Å². The Labute approximate surface area is 82.1 Å². The van der Waals surface area contributed by atoms with Crippen LogP contribution in [0.15, 0.2) is 0 Å². The molecule has 0 heterocycles. The second kappa shape index (κ2) is 3.61. The molecule has 0 aromatic heterocycles. The van der Waals surface area contributed by atoms with Gasteiger partial charge in [-0.25, -0.2) is 0 Å². The molecule has 0 aliphatic heterocycles. The summed E-state index contributed by atoms with van der Waals surface area (Å²) in [5.74, 6) is 3.56. The molecule has 1 nitrogen and oxygen atoms in total. The zero-order valence-electron chi connectivity index (χ0n) is 9.00. The molecule has 0 saturated heterocycles. The molecule has 0 amide bonds. The van der Waals surface area contributed by atoms with Gasteiger partial charge in [0.1, 0.15) is 0 Å². The Morgan fingerprint density at radius 2 is 1.46 bits per heavy atom. The topological polar surface area (TPSA) is 26.0 Å². The highest BCUT2D eigenvalue weighted by atomic mass is 14.7. The molecule has 0 bridgehead atoms. The fourth-order valence-electron chi connectivity index (χ4n) is 3.19. The van der Waals surface area contributed by atoms with Crippen LogP contribution in [-0.4, -0.2) is 6.04 Å². The molecule has 2 rings (SSSR count). The molecule has 0 aromatic carbocycles. The van der Waals surface area contributed by atoms with Gasteiger partial charge in [0, 0.05) is 6.04 Å². The van der Waals surface area contributed by atoms with Gasteiger partial charge in [-0.2, -0.15) is 0 Å². The first kappa shape index (κ1) is 9.51. The SMILES string of the molecule is CC1CC(C)CC(C(N)C2CC2)C1. The monoisotopic (exact) mass is 181 g/mol. The highest BCUT2D eigenvalue weighted by Crippen LogP contribution is 2.41. The number of hydrogen-bond acceptors (Lipinski definition) is 1. The summed E-state index contributed by atoms with van der Waals surface area (Å²) in [4.78, 5) is 0. The molecule has 2 aliphatic carbocycles. The van der Waals surface area contributed by atoms with E-state index in [2.05, 4.69) is 13.8 Å². The summed E-state index contributed by atoms with van der Waals surface area (Å²) in [5.41, 5.74) is 6.28. The lowest BCUT2D eigenvalue weighted by atomic mass is 9.73. The molecule has 0 radical (unpaired) electrons. The van der Waals surface area contributed by atoms with Gasteiger partial charge in [0.05, 0.1) is 0 Å². The normalized spacial score (nSPS) is 43.2. The molecule has 2 saturated carbocycles. The Morgan fingerprint density at radius 3 is 1.92 bits per heavy atom. The predicted octanol–water partition coefficient (Wildman–Crippen LogP) is 2.80. The van der Waals surface area contributed by atoms with Crippen molar-refractivity contribution >= 4 is 0 Å². The minimum Gasteiger partial charge on any atom is -0.327 e. The van der Waals surface area contributed by atoms with Gasteiger partial charge in [0.25, 0.3) is 0 Å². The van der Waals surface area contributed by atoms with Crippen molar-refractivity contribution in [2.24, 2.45) is 29.4 Å². The lowest BCUT2D eigenvalue weighted by molar-refractivity contribution is 0.184. The summed E-state index contributed by atoms with van der Waals surface area (Å²) >= 11 is 0. The third-order valence-electron chi connectivity index (χ3n) is 3.93. The van der Waals surface area contributed by atoms with Crippen LogP contribution in [0.25, 0.3) is 0 Å². The summed E-state index contributed by atoms with van der Waals surface area (Å²) in [5, 5.41) is 0. The van der Waals surface area contributed by atoms with Crippen LogP contribution in [0.1, 0.15) is 46.0 Å². The van der Waals surface area contributed by atoms with Crippen LogP contribution in [0.3, 0.4) is 0 Å². The Hall–Kier alpha value is -0.0400. The van der Waals surface area contributed by atoms with Crippen molar-refractivity contribution in [3.8, 4) is 0 Å². The van der Waals surface area contributed by atoms with Gasteiger partial charge in [0.15, 0.2) is 0 Å². The quantitative estimate of drug-likeness (QED) is 0.696. The first-order valence-electron chi connectivity index (χ1n) is 5.92. The fraction of sp³-hybridized carbons (Fsp3) is 1.00. The number of nitrogens with two attached hydrogens (primary N) is 1. The lowest BCUT2D eigenvalue weighted by Gasteiger charge is -2.35. The standard InChI is InChI=1S/C12H23N/c1-8-5-9(2)7-11(6-8)12(13)10-3-4-10/h8-12H,3-7,13H2,1-2H3.